The van der Waals surface area contributed by atoms with Gasteiger partial charge in [-0.2, -0.15) is 9.40 Å². The van der Waals surface area contributed by atoms with Crippen molar-refractivity contribution in [1.82, 2.24) is 24.4 Å². The molecule has 0 fully saturated rings. The van der Waals surface area contributed by atoms with Gasteiger partial charge in [-0.05, 0) is 12.1 Å². The summed E-state index contributed by atoms with van der Waals surface area (Å²) in [7, 11) is -3.25. The van der Waals surface area contributed by atoms with Crippen molar-refractivity contribution < 1.29 is 17.6 Å². The first-order valence-electron chi connectivity index (χ1n) is 7.22. The van der Waals surface area contributed by atoms with Crippen LogP contribution in [0.5, 0.6) is 0 Å². The average Bonchev–Trinajstić information content (AvgIpc) is 2.93. The van der Waals surface area contributed by atoms with Gasteiger partial charge in [0.05, 0.1) is 49.0 Å². The van der Waals surface area contributed by atoms with E-state index in [0.717, 1.165) is 18.0 Å². The lowest BCUT2D eigenvalue weighted by Gasteiger charge is -2.25. The van der Waals surface area contributed by atoms with Crippen LogP contribution in [-0.4, -0.2) is 46.2 Å². The molecule has 0 aliphatic carbocycles. The highest BCUT2D eigenvalue weighted by Gasteiger charge is 2.24. The maximum Gasteiger partial charge on any atom is 0.253 e. The Kier molecular flexibility index (Phi) is 4.33. The molecule has 24 heavy (non-hydrogen) atoms. The minimum atomic E-state index is -3.25. The van der Waals surface area contributed by atoms with E-state index in [4.69, 9.17) is 0 Å². The Balaban J connectivity index is 1.66. The van der Waals surface area contributed by atoms with E-state index in [1.54, 1.807) is 10.7 Å². The van der Waals surface area contributed by atoms with Gasteiger partial charge in [-0.15, -0.1) is 0 Å². The highest BCUT2D eigenvalue weighted by Crippen LogP contribution is 2.16. The molecule has 0 unspecified atom stereocenters. The number of hydrogen-bond acceptors (Lipinski definition) is 5. The highest BCUT2D eigenvalue weighted by molar-refractivity contribution is 7.88. The van der Waals surface area contributed by atoms with Gasteiger partial charge in [-0.3, -0.25) is 14.5 Å². The summed E-state index contributed by atoms with van der Waals surface area (Å²) in [5, 5.41) is 6.98. The normalized spacial score (nSPS) is 15.1. The molecular formula is C14H16FN5O3S. The Bertz CT molecular complexity index is 880. The Morgan fingerprint density at radius 1 is 1.33 bits per heavy atom. The first-order chi connectivity index (χ1) is 11.3. The number of sulfonamides is 1. The van der Waals surface area contributed by atoms with Gasteiger partial charge in [-0.25, -0.2) is 12.8 Å². The Labute approximate surface area is 138 Å². The lowest BCUT2D eigenvalue weighted by Crippen LogP contribution is -2.37. The Morgan fingerprint density at radius 2 is 2.12 bits per heavy atom. The summed E-state index contributed by atoms with van der Waals surface area (Å²) in [4.78, 5) is 15.6. The lowest BCUT2D eigenvalue weighted by molar-refractivity contribution is 0.0949. The molecule has 128 valence electrons. The standard InChI is InChI=1S/C14H16FN5O3S/c1-24(22,23)19-2-3-20-13(9-19)5-12(18-20)8-17-14(21)10-4-11(15)7-16-6-10/h4-7H,2-3,8-9H2,1H3,(H,17,21). The van der Waals surface area contributed by atoms with Gasteiger partial charge in [0.2, 0.25) is 10.0 Å². The molecular weight excluding hydrogens is 337 g/mol. The zero-order chi connectivity index (χ0) is 17.3. The van der Waals surface area contributed by atoms with Crippen LogP contribution in [0.15, 0.2) is 24.5 Å². The molecule has 8 nitrogen and oxygen atoms in total. The maximum absolute atomic E-state index is 13.1. The predicted molar refractivity (Wildman–Crippen MR) is 82.8 cm³/mol. The molecule has 3 rings (SSSR count). The second kappa shape index (κ2) is 6.29. The monoisotopic (exact) mass is 353 g/mol. The lowest BCUT2D eigenvalue weighted by atomic mass is 10.2. The molecule has 0 saturated carbocycles. The molecule has 10 heteroatoms. The topological polar surface area (TPSA) is 97.2 Å². The molecule has 0 bridgehead atoms. The van der Waals surface area contributed by atoms with Crippen molar-refractivity contribution in [2.24, 2.45) is 0 Å². The van der Waals surface area contributed by atoms with Crippen LogP contribution in [0.4, 0.5) is 4.39 Å². The van der Waals surface area contributed by atoms with E-state index >= 15 is 0 Å². The van der Waals surface area contributed by atoms with E-state index in [9.17, 15) is 17.6 Å². The van der Waals surface area contributed by atoms with Crippen LogP contribution in [0, 0.1) is 5.82 Å². The van der Waals surface area contributed by atoms with Crippen molar-refractivity contribution in [2.75, 3.05) is 12.8 Å². The number of nitrogens with one attached hydrogen (secondary N) is 1. The molecule has 0 spiro atoms. The molecule has 1 aliphatic rings. The summed E-state index contributed by atoms with van der Waals surface area (Å²) in [6.07, 6.45) is 3.47. The zero-order valence-corrected chi connectivity index (χ0v) is 13.8. The molecule has 3 heterocycles. The second-order valence-corrected chi connectivity index (χ2v) is 7.50. The quantitative estimate of drug-likeness (QED) is 0.842. The molecule has 0 aromatic carbocycles. The van der Waals surface area contributed by atoms with E-state index < -0.39 is 21.7 Å². The number of halogens is 1. The van der Waals surface area contributed by atoms with Gasteiger partial charge in [0.1, 0.15) is 5.82 Å². The van der Waals surface area contributed by atoms with Crippen LogP contribution in [0.25, 0.3) is 0 Å². The van der Waals surface area contributed by atoms with Crippen LogP contribution in [0.3, 0.4) is 0 Å². The fourth-order valence-electron chi connectivity index (χ4n) is 2.48. The molecule has 0 atom stereocenters. The third kappa shape index (κ3) is 3.60. The number of fused-ring (bicyclic) bond motifs is 1. The van der Waals surface area contributed by atoms with Crippen LogP contribution in [-0.2, 0) is 29.7 Å². The Hall–Kier alpha value is -2.33. The van der Waals surface area contributed by atoms with Crippen LogP contribution in [0.2, 0.25) is 0 Å². The number of aromatic nitrogens is 3. The van der Waals surface area contributed by atoms with Gasteiger partial charge in [0.25, 0.3) is 5.91 Å². The van der Waals surface area contributed by atoms with Gasteiger partial charge < -0.3 is 5.32 Å². The van der Waals surface area contributed by atoms with Crippen molar-refractivity contribution in [1.29, 1.82) is 0 Å². The van der Waals surface area contributed by atoms with Crippen molar-refractivity contribution in [3.8, 4) is 0 Å². The molecule has 1 amide bonds. The van der Waals surface area contributed by atoms with E-state index in [2.05, 4.69) is 15.4 Å². The van der Waals surface area contributed by atoms with Gasteiger partial charge in [0.15, 0.2) is 0 Å². The van der Waals surface area contributed by atoms with E-state index in [1.807, 2.05) is 0 Å². The summed E-state index contributed by atoms with van der Waals surface area (Å²) >= 11 is 0. The molecule has 1 N–H and O–H groups in total. The first kappa shape index (κ1) is 16.5. The number of rotatable bonds is 4. The first-order valence-corrected chi connectivity index (χ1v) is 9.07. The third-order valence-electron chi connectivity index (χ3n) is 3.68. The summed E-state index contributed by atoms with van der Waals surface area (Å²) in [6.45, 7) is 1.25. The van der Waals surface area contributed by atoms with Gasteiger partial charge in [-0.1, -0.05) is 0 Å². The summed E-state index contributed by atoms with van der Waals surface area (Å²) in [5.41, 5.74) is 1.50. The van der Waals surface area contributed by atoms with Gasteiger partial charge >= 0.3 is 0 Å². The summed E-state index contributed by atoms with van der Waals surface area (Å²) in [6, 6.07) is 2.85. The number of carbonyl (C=O) groups excluding carboxylic acids is 1. The molecule has 0 saturated heterocycles. The second-order valence-electron chi connectivity index (χ2n) is 5.52. The SMILES string of the molecule is CS(=O)(=O)N1CCn2nc(CNC(=O)c3cncc(F)c3)cc2C1. The van der Waals surface area contributed by atoms with E-state index in [0.29, 0.717) is 18.8 Å². The zero-order valence-electron chi connectivity index (χ0n) is 12.9. The van der Waals surface area contributed by atoms with Crippen molar-refractivity contribution in [2.45, 2.75) is 19.6 Å². The summed E-state index contributed by atoms with van der Waals surface area (Å²) in [5.74, 6) is -1.04. The molecule has 0 radical (unpaired) electrons. The number of amides is 1. The third-order valence-corrected chi connectivity index (χ3v) is 4.93. The van der Waals surface area contributed by atoms with E-state index in [1.165, 1.54) is 16.8 Å². The number of pyridine rings is 1. The fraction of sp³-hybridized carbons (Fsp3) is 0.357. The van der Waals surface area contributed by atoms with Crippen molar-refractivity contribution in [3.05, 3.63) is 47.3 Å². The predicted octanol–water partition coefficient (Wildman–Crippen LogP) is 0.122. The van der Waals surface area contributed by atoms with Crippen molar-refractivity contribution in [3.63, 3.8) is 0 Å². The molecule has 2 aromatic heterocycles. The average molecular weight is 353 g/mol. The number of nitrogens with zero attached hydrogens (tertiary/aromatic N) is 4. The summed E-state index contributed by atoms with van der Waals surface area (Å²) < 4.78 is 39.4. The minimum Gasteiger partial charge on any atom is -0.346 e. The molecule has 1 aliphatic heterocycles. The fourth-order valence-corrected chi connectivity index (χ4v) is 3.26. The maximum atomic E-state index is 13.1. The number of hydrogen-bond donors (Lipinski definition) is 1. The van der Waals surface area contributed by atoms with Gasteiger partial charge in [0, 0.05) is 12.7 Å². The largest absolute Gasteiger partial charge is 0.346 e. The van der Waals surface area contributed by atoms with Crippen LogP contribution >= 0.6 is 0 Å². The number of carbonyl (C=O) groups is 1. The van der Waals surface area contributed by atoms with Crippen LogP contribution in [0.1, 0.15) is 21.7 Å². The van der Waals surface area contributed by atoms with Crippen molar-refractivity contribution >= 4 is 15.9 Å². The minimum absolute atomic E-state index is 0.127. The van der Waals surface area contributed by atoms with Crippen LogP contribution < -0.4 is 5.32 Å². The Morgan fingerprint density at radius 3 is 2.83 bits per heavy atom. The van der Waals surface area contributed by atoms with E-state index in [-0.39, 0.29) is 18.7 Å². The highest BCUT2D eigenvalue weighted by atomic mass is 32.2. The smallest absolute Gasteiger partial charge is 0.253 e. The molecule has 2 aromatic rings.